The number of nitrogens with zero attached hydrogens (tertiary/aromatic N) is 3. The van der Waals surface area contributed by atoms with Gasteiger partial charge in [-0.1, -0.05) is 0 Å². The minimum Gasteiger partial charge on any atom is -0.307 e. The van der Waals surface area contributed by atoms with Gasteiger partial charge in [0.1, 0.15) is 11.6 Å². The smallest absolute Gasteiger partial charge is 0.259 e. The maximum Gasteiger partial charge on any atom is 0.259 e. The number of amides is 1. The first-order valence-electron chi connectivity index (χ1n) is 6.80. The quantitative estimate of drug-likeness (QED) is 0.925. The Morgan fingerprint density at radius 2 is 2.05 bits per heavy atom. The predicted molar refractivity (Wildman–Crippen MR) is 81.0 cm³/mol. The number of aryl methyl sites for hydroxylation is 1. The van der Waals surface area contributed by atoms with E-state index in [4.69, 9.17) is 5.26 Å². The molecule has 114 valence electrons. The SMILES string of the molecule is Cc1cc(NC(=O)c2cc(C#N)ccc2F)n(C(C)(C)C)n1. The molecule has 1 amide bonds. The van der Waals surface area contributed by atoms with Crippen LogP contribution >= 0.6 is 0 Å². The van der Waals surface area contributed by atoms with Crippen LogP contribution in [0.5, 0.6) is 0 Å². The van der Waals surface area contributed by atoms with E-state index in [-0.39, 0.29) is 16.7 Å². The van der Waals surface area contributed by atoms with Crippen molar-refractivity contribution in [2.24, 2.45) is 0 Å². The first kappa shape index (κ1) is 15.7. The zero-order chi connectivity index (χ0) is 16.5. The van der Waals surface area contributed by atoms with Gasteiger partial charge >= 0.3 is 0 Å². The van der Waals surface area contributed by atoms with E-state index in [2.05, 4.69) is 10.4 Å². The van der Waals surface area contributed by atoms with Crippen molar-refractivity contribution in [1.82, 2.24) is 9.78 Å². The fourth-order valence-corrected chi connectivity index (χ4v) is 2.05. The topological polar surface area (TPSA) is 70.7 Å². The molecular formula is C16H17FN4O. The van der Waals surface area contributed by atoms with Crippen LogP contribution in [0.15, 0.2) is 24.3 Å². The maximum atomic E-state index is 13.8. The molecule has 22 heavy (non-hydrogen) atoms. The van der Waals surface area contributed by atoms with Crippen LogP contribution < -0.4 is 5.32 Å². The largest absolute Gasteiger partial charge is 0.307 e. The van der Waals surface area contributed by atoms with Crippen LogP contribution in [0.3, 0.4) is 0 Å². The standard InChI is InChI=1S/C16H17FN4O/c1-10-7-14(21(20-10)16(2,3)4)19-15(22)12-8-11(9-18)5-6-13(12)17/h5-8H,1-4H3,(H,19,22). The molecule has 0 unspecified atom stereocenters. The summed E-state index contributed by atoms with van der Waals surface area (Å²) >= 11 is 0. The molecule has 1 aromatic carbocycles. The zero-order valence-corrected chi connectivity index (χ0v) is 12.9. The van der Waals surface area contributed by atoms with Gasteiger partial charge in [-0.25, -0.2) is 9.07 Å². The third-order valence-corrected chi connectivity index (χ3v) is 3.05. The van der Waals surface area contributed by atoms with Crippen LogP contribution in [-0.2, 0) is 5.54 Å². The Hall–Kier alpha value is -2.68. The number of anilines is 1. The van der Waals surface area contributed by atoms with Crippen LogP contribution in [-0.4, -0.2) is 15.7 Å². The molecule has 0 saturated carbocycles. The number of nitriles is 1. The highest BCUT2D eigenvalue weighted by molar-refractivity contribution is 6.04. The van der Waals surface area contributed by atoms with Gasteiger partial charge in [0.15, 0.2) is 0 Å². The van der Waals surface area contributed by atoms with E-state index >= 15 is 0 Å². The van der Waals surface area contributed by atoms with Gasteiger partial charge in [-0.3, -0.25) is 4.79 Å². The van der Waals surface area contributed by atoms with Gasteiger partial charge in [-0.15, -0.1) is 0 Å². The summed E-state index contributed by atoms with van der Waals surface area (Å²) in [5.74, 6) is -0.799. The fourth-order valence-electron chi connectivity index (χ4n) is 2.05. The molecule has 2 aromatic rings. The average Bonchev–Trinajstić information content (AvgIpc) is 2.80. The summed E-state index contributed by atoms with van der Waals surface area (Å²) in [7, 11) is 0. The van der Waals surface area contributed by atoms with Crippen molar-refractivity contribution in [3.8, 4) is 6.07 Å². The van der Waals surface area contributed by atoms with Crippen molar-refractivity contribution in [1.29, 1.82) is 5.26 Å². The Bertz CT molecular complexity index is 765. The van der Waals surface area contributed by atoms with Crippen molar-refractivity contribution in [3.63, 3.8) is 0 Å². The van der Waals surface area contributed by atoms with E-state index in [0.29, 0.717) is 5.82 Å². The van der Waals surface area contributed by atoms with E-state index in [1.807, 2.05) is 33.8 Å². The number of hydrogen-bond acceptors (Lipinski definition) is 3. The molecule has 1 aromatic heterocycles. The Morgan fingerprint density at radius 3 is 2.64 bits per heavy atom. The monoisotopic (exact) mass is 300 g/mol. The van der Waals surface area contributed by atoms with Crippen LogP contribution in [0.1, 0.15) is 42.4 Å². The van der Waals surface area contributed by atoms with Crippen LogP contribution in [0.4, 0.5) is 10.2 Å². The van der Waals surface area contributed by atoms with E-state index < -0.39 is 11.7 Å². The van der Waals surface area contributed by atoms with Crippen LogP contribution in [0, 0.1) is 24.1 Å². The lowest BCUT2D eigenvalue weighted by Gasteiger charge is -2.22. The van der Waals surface area contributed by atoms with E-state index in [9.17, 15) is 9.18 Å². The molecule has 1 N–H and O–H groups in total. The molecule has 2 rings (SSSR count). The van der Waals surface area contributed by atoms with Gasteiger partial charge in [0, 0.05) is 6.07 Å². The lowest BCUT2D eigenvalue weighted by Crippen LogP contribution is -2.27. The van der Waals surface area contributed by atoms with Crippen molar-refractivity contribution < 1.29 is 9.18 Å². The minimum atomic E-state index is -0.671. The Labute approximate surface area is 128 Å². The normalized spacial score (nSPS) is 11.1. The molecule has 0 atom stereocenters. The minimum absolute atomic E-state index is 0.168. The van der Waals surface area contributed by atoms with Crippen molar-refractivity contribution in [3.05, 3.63) is 46.9 Å². The van der Waals surface area contributed by atoms with Crippen LogP contribution in [0.2, 0.25) is 0 Å². The highest BCUT2D eigenvalue weighted by Gasteiger charge is 2.21. The molecule has 6 heteroatoms. The zero-order valence-electron chi connectivity index (χ0n) is 12.9. The number of halogens is 1. The number of carbonyl (C=O) groups is 1. The average molecular weight is 300 g/mol. The van der Waals surface area contributed by atoms with E-state index in [1.165, 1.54) is 12.1 Å². The first-order chi connectivity index (χ1) is 10.2. The summed E-state index contributed by atoms with van der Waals surface area (Å²) in [6.45, 7) is 7.67. The third kappa shape index (κ3) is 3.14. The molecule has 1 heterocycles. The molecule has 0 bridgehead atoms. The molecule has 0 saturated heterocycles. The summed E-state index contributed by atoms with van der Waals surface area (Å²) in [5, 5.41) is 15.9. The Kier molecular flexibility index (Phi) is 4.00. The first-order valence-corrected chi connectivity index (χ1v) is 6.80. The third-order valence-electron chi connectivity index (χ3n) is 3.05. The summed E-state index contributed by atoms with van der Waals surface area (Å²) in [5.41, 5.74) is 0.478. The van der Waals surface area contributed by atoms with E-state index in [1.54, 1.807) is 10.7 Å². The van der Waals surface area contributed by atoms with Crippen molar-refractivity contribution >= 4 is 11.7 Å². The summed E-state index contributed by atoms with van der Waals surface area (Å²) in [4.78, 5) is 12.3. The molecule has 5 nitrogen and oxygen atoms in total. The summed E-state index contributed by atoms with van der Waals surface area (Å²) < 4.78 is 15.5. The highest BCUT2D eigenvalue weighted by Crippen LogP contribution is 2.22. The van der Waals surface area contributed by atoms with Gasteiger partial charge in [-0.05, 0) is 45.9 Å². The van der Waals surface area contributed by atoms with Crippen molar-refractivity contribution in [2.75, 3.05) is 5.32 Å². The molecule has 0 radical (unpaired) electrons. The number of hydrogen-bond donors (Lipinski definition) is 1. The Balaban J connectivity index is 2.37. The number of aromatic nitrogens is 2. The summed E-state index contributed by atoms with van der Waals surface area (Å²) in [6, 6.07) is 7.28. The molecule has 0 spiro atoms. The Morgan fingerprint density at radius 1 is 1.36 bits per heavy atom. The predicted octanol–water partition coefficient (Wildman–Crippen LogP) is 3.21. The molecule has 0 aliphatic heterocycles. The second kappa shape index (κ2) is 5.60. The number of nitrogens with one attached hydrogen (secondary N) is 1. The van der Waals surface area contributed by atoms with Gasteiger partial charge in [0.05, 0.1) is 28.4 Å². The lowest BCUT2D eigenvalue weighted by molar-refractivity contribution is 0.102. The highest BCUT2D eigenvalue weighted by atomic mass is 19.1. The van der Waals surface area contributed by atoms with Crippen molar-refractivity contribution in [2.45, 2.75) is 33.2 Å². The molecule has 0 aliphatic rings. The number of carbonyl (C=O) groups excluding carboxylic acids is 1. The van der Waals surface area contributed by atoms with E-state index in [0.717, 1.165) is 11.8 Å². The molecule has 0 aliphatic carbocycles. The summed E-state index contributed by atoms with van der Waals surface area (Å²) in [6.07, 6.45) is 0. The fraction of sp³-hybridized carbons (Fsp3) is 0.312. The number of rotatable bonds is 2. The second-order valence-corrected chi connectivity index (χ2v) is 6.01. The maximum absolute atomic E-state index is 13.8. The van der Waals surface area contributed by atoms with Crippen LogP contribution in [0.25, 0.3) is 0 Å². The van der Waals surface area contributed by atoms with Gasteiger partial charge in [0.25, 0.3) is 5.91 Å². The van der Waals surface area contributed by atoms with Gasteiger partial charge in [-0.2, -0.15) is 10.4 Å². The molecular weight excluding hydrogens is 283 g/mol. The number of benzene rings is 1. The second-order valence-electron chi connectivity index (χ2n) is 6.01. The van der Waals surface area contributed by atoms with Gasteiger partial charge in [0.2, 0.25) is 0 Å². The van der Waals surface area contributed by atoms with Gasteiger partial charge < -0.3 is 5.32 Å². The molecule has 0 fully saturated rings. The lowest BCUT2D eigenvalue weighted by atomic mass is 10.1.